The monoisotopic (exact) mass is 517 g/mol. The predicted molar refractivity (Wildman–Crippen MR) is 140 cm³/mol. The van der Waals surface area contributed by atoms with Crippen molar-refractivity contribution in [1.82, 2.24) is 15.5 Å². The van der Waals surface area contributed by atoms with Crippen LogP contribution in [0.2, 0.25) is 5.02 Å². The SMILES string of the molecule is Cc1c(CN2C3CCC2CC(NC(=O)c2ccc(F)c(Cl)c2)C3)ccc(OCCCNCCO)c1C. The largest absolute Gasteiger partial charge is 0.493 e. The van der Waals surface area contributed by atoms with Gasteiger partial charge in [-0.1, -0.05) is 17.7 Å². The average Bonchev–Trinajstić information content (AvgIpc) is 3.09. The third kappa shape index (κ3) is 6.38. The van der Waals surface area contributed by atoms with Crippen LogP contribution in [0.25, 0.3) is 0 Å². The number of aliphatic hydroxyl groups excluding tert-OH is 1. The number of benzene rings is 2. The summed E-state index contributed by atoms with van der Waals surface area (Å²) in [6, 6.07) is 9.37. The Bertz CT molecular complexity index is 1050. The van der Waals surface area contributed by atoms with Crippen LogP contribution in [0.1, 0.15) is 59.2 Å². The van der Waals surface area contributed by atoms with E-state index in [1.54, 1.807) is 0 Å². The molecule has 0 spiro atoms. The molecule has 2 aliphatic heterocycles. The molecule has 2 aliphatic rings. The summed E-state index contributed by atoms with van der Waals surface area (Å²) in [5.41, 5.74) is 4.17. The number of hydrogen-bond donors (Lipinski definition) is 3. The van der Waals surface area contributed by atoms with Gasteiger partial charge in [0.1, 0.15) is 11.6 Å². The summed E-state index contributed by atoms with van der Waals surface area (Å²) < 4.78 is 19.5. The molecule has 2 bridgehead atoms. The first-order valence-corrected chi connectivity index (χ1v) is 13.3. The maximum absolute atomic E-state index is 13.5. The molecule has 8 heteroatoms. The van der Waals surface area contributed by atoms with Gasteiger partial charge in [-0.15, -0.1) is 0 Å². The molecule has 2 saturated heterocycles. The van der Waals surface area contributed by atoms with Crippen molar-refractivity contribution in [2.45, 2.75) is 70.6 Å². The fraction of sp³-hybridized carbons (Fsp3) is 0.536. The van der Waals surface area contributed by atoms with Crippen LogP contribution in [0, 0.1) is 19.7 Å². The first kappa shape index (κ1) is 26.9. The Morgan fingerprint density at radius 1 is 1.14 bits per heavy atom. The van der Waals surface area contributed by atoms with Crippen molar-refractivity contribution in [3.8, 4) is 5.75 Å². The van der Waals surface area contributed by atoms with Gasteiger partial charge in [-0.2, -0.15) is 0 Å². The first-order valence-electron chi connectivity index (χ1n) is 12.9. The molecule has 196 valence electrons. The van der Waals surface area contributed by atoms with Gasteiger partial charge in [-0.05, 0) is 93.5 Å². The molecule has 6 nitrogen and oxygen atoms in total. The molecule has 0 saturated carbocycles. The van der Waals surface area contributed by atoms with Crippen LogP contribution >= 0.6 is 11.6 Å². The van der Waals surface area contributed by atoms with Gasteiger partial charge in [-0.25, -0.2) is 4.39 Å². The van der Waals surface area contributed by atoms with Gasteiger partial charge in [-0.3, -0.25) is 9.69 Å². The number of hydrogen-bond acceptors (Lipinski definition) is 5. The highest BCUT2D eigenvalue weighted by Crippen LogP contribution is 2.38. The normalized spacial score (nSPS) is 21.5. The quantitative estimate of drug-likeness (QED) is 0.386. The number of piperidine rings is 1. The number of nitrogens with zero attached hydrogens (tertiary/aromatic N) is 1. The molecule has 2 heterocycles. The summed E-state index contributed by atoms with van der Waals surface area (Å²) in [5.74, 6) is 0.223. The van der Waals surface area contributed by atoms with E-state index in [2.05, 4.69) is 41.5 Å². The molecule has 0 aromatic heterocycles. The van der Waals surface area contributed by atoms with Crippen molar-refractivity contribution in [3.63, 3.8) is 0 Å². The Hall–Kier alpha value is -2.19. The number of aliphatic hydroxyl groups is 1. The molecule has 3 N–H and O–H groups in total. The summed E-state index contributed by atoms with van der Waals surface area (Å²) in [6.45, 7) is 7.43. The van der Waals surface area contributed by atoms with Gasteiger partial charge in [0.25, 0.3) is 5.91 Å². The van der Waals surface area contributed by atoms with Gasteiger partial charge >= 0.3 is 0 Å². The third-order valence-electron chi connectivity index (χ3n) is 7.65. The van der Waals surface area contributed by atoms with Crippen molar-refractivity contribution < 1.29 is 19.0 Å². The van der Waals surface area contributed by atoms with Crippen molar-refractivity contribution in [2.75, 3.05) is 26.3 Å². The number of carbonyl (C=O) groups is 1. The van der Waals surface area contributed by atoms with Crippen LogP contribution in [0.3, 0.4) is 0 Å². The van der Waals surface area contributed by atoms with Crippen LogP contribution in [-0.4, -0.2) is 60.3 Å². The highest BCUT2D eigenvalue weighted by Gasteiger charge is 2.41. The van der Waals surface area contributed by atoms with Gasteiger partial charge < -0.3 is 20.5 Å². The molecule has 2 aromatic rings. The molecule has 2 unspecified atom stereocenters. The zero-order valence-electron chi connectivity index (χ0n) is 21.2. The lowest BCUT2D eigenvalue weighted by atomic mass is 9.94. The number of nitrogens with one attached hydrogen (secondary N) is 2. The summed E-state index contributed by atoms with van der Waals surface area (Å²) in [5, 5.41) is 15.1. The van der Waals surface area contributed by atoms with Crippen molar-refractivity contribution in [1.29, 1.82) is 0 Å². The average molecular weight is 518 g/mol. The summed E-state index contributed by atoms with van der Waals surface area (Å²) in [7, 11) is 0. The topological polar surface area (TPSA) is 73.8 Å². The molecular formula is C28H37ClFN3O3. The van der Waals surface area contributed by atoms with Crippen LogP contribution < -0.4 is 15.4 Å². The summed E-state index contributed by atoms with van der Waals surface area (Å²) >= 11 is 5.86. The van der Waals surface area contributed by atoms with E-state index < -0.39 is 5.82 Å². The number of amides is 1. The smallest absolute Gasteiger partial charge is 0.251 e. The Kier molecular flexibility index (Phi) is 9.23. The Labute approximate surface area is 218 Å². The lowest BCUT2D eigenvalue weighted by Crippen LogP contribution is -2.50. The van der Waals surface area contributed by atoms with E-state index in [1.165, 1.54) is 34.9 Å². The minimum Gasteiger partial charge on any atom is -0.493 e. The molecular weight excluding hydrogens is 481 g/mol. The zero-order chi connectivity index (χ0) is 25.7. The van der Waals surface area contributed by atoms with E-state index in [-0.39, 0.29) is 23.6 Å². The van der Waals surface area contributed by atoms with Crippen LogP contribution in [0.4, 0.5) is 4.39 Å². The Morgan fingerprint density at radius 3 is 2.58 bits per heavy atom. The lowest BCUT2D eigenvalue weighted by Gasteiger charge is -2.39. The number of halogens is 2. The van der Waals surface area contributed by atoms with Gasteiger partial charge in [0.05, 0.1) is 18.2 Å². The fourth-order valence-corrected chi connectivity index (χ4v) is 5.70. The van der Waals surface area contributed by atoms with Crippen LogP contribution in [0.15, 0.2) is 30.3 Å². The highest BCUT2D eigenvalue weighted by molar-refractivity contribution is 6.31. The highest BCUT2D eigenvalue weighted by atomic mass is 35.5. The van der Waals surface area contributed by atoms with E-state index in [0.717, 1.165) is 50.9 Å². The molecule has 2 fully saturated rings. The third-order valence-corrected chi connectivity index (χ3v) is 7.94. The second-order valence-corrected chi connectivity index (χ2v) is 10.4. The van der Waals surface area contributed by atoms with Crippen molar-refractivity contribution in [2.24, 2.45) is 0 Å². The zero-order valence-corrected chi connectivity index (χ0v) is 21.9. The van der Waals surface area contributed by atoms with Gasteiger partial charge in [0.15, 0.2) is 0 Å². The van der Waals surface area contributed by atoms with Gasteiger partial charge in [0, 0.05) is 36.8 Å². The standard InChI is InChI=1S/C28H37ClFN3O3/c1-18-19(2)27(36-13-3-10-31-11-12-34)9-5-21(18)17-33-23-6-7-24(33)16-22(15-23)32-28(35)20-4-8-26(30)25(29)14-20/h4-5,8-9,14,22-24,31,34H,3,6-7,10-13,15-17H2,1-2H3,(H,32,35). The minimum atomic E-state index is -0.517. The Balaban J connectivity index is 1.32. The van der Waals surface area contributed by atoms with E-state index in [1.807, 2.05) is 0 Å². The first-order chi connectivity index (χ1) is 17.4. The maximum atomic E-state index is 13.5. The molecule has 0 radical (unpaired) electrons. The molecule has 2 atom stereocenters. The second-order valence-electron chi connectivity index (χ2n) is 9.98. The summed E-state index contributed by atoms with van der Waals surface area (Å²) in [6.07, 6.45) is 5.01. The predicted octanol–water partition coefficient (Wildman–Crippen LogP) is 4.37. The number of fused-ring (bicyclic) bond motifs is 2. The molecule has 1 amide bonds. The minimum absolute atomic E-state index is 0.0327. The maximum Gasteiger partial charge on any atom is 0.251 e. The number of ether oxygens (including phenoxy) is 1. The fourth-order valence-electron chi connectivity index (χ4n) is 5.52. The van der Waals surface area contributed by atoms with Crippen LogP contribution in [0.5, 0.6) is 5.75 Å². The molecule has 4 rings (SSSR count). The van der Waals surface area contributed by atoms with E-state index in [4.69, 9.17) is 21.4 Å². The van der Waals surface area contributed by atoms with E-state index in [9.17, 15) is 9.18 Å². The molecule has 2 aromatic carbocycles. The second kappa shape index (κ2) is 12.4. The molecule has 0 aliphatic carbocycles. The Morgan fingerprint density at radius 2 is 1.89 bits per heavy atom. The van der Waals surface area contributed by atoms with Crippen LogP contribution in [-0.2, 0) is 6.54 Å². The van der Waals surface area contributed by atoms with Crippen molar-refractivity contribution >= 4 is 17.5 Å². The number of rotatable bonds is 11. The van der Waals surface area contributed by atoms with E-state index in [0.29, 0.717) is 30.8 Å². The van der Waals surface area contributed by atoms with Gasteiger partial charge in [0.2, 0.25) is 0 Å². The van der Waals surface area contributed by atoms with Crippen molar-refractivity contribution in [3.05, 3.63) is 63.4 Å². The van der Waals surface area contributed by atoms with E-state index >= 15 is 0 Å². The summed E-state index contributed by atoms with van der Waals surface area (Å²) in [4.78, 5) is 15.3. The molecule has 36 heavy (non-hydrogen) atoms. The lowest BCUT2D eigenvalue weighted by molar-refractivity contribution is 0.0827. The number of carbonyl (C=O) groups excluding carboxylic acids is 1.